The Balaban J connectivity index is 1.72. The number of carbonyl (C=O) groups excluding carboxylic acids is 1. The van der Waals surface area contributed by atoms with Crippen LogP contribution in [0.3, 0.4) is 0 Å². The summed E-state index contributed by atoms with van der Waals surface area (Å²) in [6.45, 7) is 0.106. The van der Waals surface area contributed by atoms with Crippen molar-refractivity contribution in [3.05, 3.63) is 48.6 Å². The number of amides is 1. The minimum atomic E-state index is -0.502. The Bertz CT molecular complexity index is 619. The predicted molar refractivity (Wildman–Crippen MR) is 92.0 cm³/mol. The van der Waals surface area contributed by atoms with Gasteiger partial charge in [0.15, 0.2) is 6.10 Å². The van der Waals surface area contributed by atoms with Crippen molar-refractivity contribution >= 4 is 11.6 Å². The van der Waals surface area contributed by atoms with Crippen LogP contribution in [0.1, 0.15) is 12.8 Å². The summed E-state index contributed by atoms with van der Waals surface area (Å²) in [6.07, 6.45) is 10.3. The highest BCUT2D eigenvalue weighted by molar-refractivity contribution is 6.05. The molecule has 1 unspecified atom stereocenters. The van der Waals surface area contributed by atoms with Crippen LogP contribution in [-0.2, 0) is 14.3 Å². The Kier molecular flexibility index (Phi) is 5.33. The first kappa shape index (κ1) is 16.7. The van der Waals surface area contributed by atoms with Gasteiger partial charge in [-0.25, -0.2) is 0 Å². The summed E-state index contributed by atoms with van der Waals surface area (Å²) in [7, 11) is 3.17. The van der Waals surface area contributed by atoms with E-state index in [0.717, 1.165) is 17.4 Å². The van der Waals surface area contributed by atoms with Crippen molar-refractivity contribution in [3.8, 4) is 5.75 Å². The molecule has 0 N–H and O–H groups in total. The van der Waals surface area contributed by atoms with Gasteiger partial charge in [-0.05, 0) is 43.0 Å². The van der Waals surface area contributed by atoms with Gasteiger partial charge < -0.3 is 14.2 Å². The van der Waals surface area contributed by atoms with Crippen molar-refractivity contribution in [2.75, 3.05) is 25.9 Å². The maximum absolute atomic E-state index is 12.4. The molecule has 0 bridgehead atoms. The number of benzene rings is 1. The molecule has 1 heterocycles. The maximum atomic E-state index is 12.4. The Labute approximate surface area is 142 Å². The van der Waals surface area contributed by atoms with Crippen molar-refractivity contribution in [3.63, 3.8) is 0 Å². The highest BCUT2D eigenvalue weighted by Crippen LogP contribution is 2.33. The van der Waals surface area contributed by atoms with Gasteiger partial charge in [-0.3, -0.25) is 9.69 Å². The Morgan fingerprint density at radius 3 is 2.46 bits per heavy atom. The van der Waals surface area contributed by atoms with E-state index in [1.54, 1.807) is 19.1 Å². The average Bonchev–Trinajstić information content (AvgIpc) is 3.42. The molecule has 3 rings (SSSR count). The summed E-state index contributed by atoms with van der Waals surface area (Å²) in [5.74, 6) is 1.44. The van der Waals surface area contributed by atoms with Crippen LogP contribution in [0.25, 0.3) is 0 Å². The molecule has 1 aliphatic carbocycles. The van der Waals surface area contributed by atoms with Gasteiger partial charge >= 0.3 is 0 Å². The largest absolute Gasteiger partial charge is 0.497 e. The SMILES string of the molecule is COCO[C@H]1C(=O)N(c2ccc(OC)cc2)C1C=CC=CC1CC1. The van der Waals surface area contributed by atoms with E-state index in [0.29, 0.717) is 0 Å². The molecule has 5 heteroatoms. The third-order valence-corrected chi connectivity index (χ3v) is 4.23. The molecule has 1 aromatic rings. The average molecular weight is 329 g/mol. The smallest absolute Gasteiger partial charge is 0.259 e. The molecular weight excluding hydrogens is 306 g/mol. The van der Waals surface area contributed by atoms with E-state index in [4.69, 9.17) is 14.2 Å². The second kappa shape index (κ2) is 7.64. The topological polar surface area (TPSA) is 48.0 Å². The lowest BCUT2D eigenvalue weighted by Gasteiger charge is -2.45. The number of carbonyl (C=O) groups is 1. The van der Waals surface area contributed by atoms with E-state index >= 15 is 0 Å². The molecule has 5 nitrogen and oxygen atoms in total. The molecule has 1 aliphatic heterocycles. The summed E-state index contributed by atoms with van der Waals surface area (Å²) in [6, 6.07) is 7.32. The molecule has 0 spiro atoms. The highest BCUT2D eigenvalue weighted by Gasteiger charge is 2.47. The molecule has 1 saturated heterocycles. The molecule has 1 aromatic carbocycles. The lowest BCUT2D eigenvalue weighted by Crippen LogP contribution is -2.65. The number of hydrogen-bond donors (Lipinski definition) is 0. The van der Waals surface area contributed by atoms with Gasteiger partial charge in [-0.2, -0.15) is 0 Å². The van der Waals surface area contributed by atoms with Gasteiger partial charge in [0, 0.05) is 12.8 Å². The van der Waals surface area contributed by atoms with Crippen molar-refractivity contribution in [2.45, 2.75) is 25.0 Å². The van der Waals surface area contributed by atoms with Crippen molar-refractivity contribution < 1.29 is 19.0 Å². The van der Waals surface area contributed by atoms with Crippen LogP contribution >= 0.6 is 0 Å². The molecule has 0 aromatic heterocycles. The fourth-order valence-electron chi connectivity index (χ4n) is 2.71. The van der Waals surface area contributed by atoms with Crippen LogP contribution in [0.4, 0.5) is 5.69 Å². The summed E-state index contributed by atoms with van der Waals surface area (Å²) < 4.78 is 15.6. The molecule has 1 amide bonds. The third kappa shape index (κ3) is 3.68. The van der Waals surface area contributed by atoms with E-state index in [1.165, 1.54) is 12.8 Å². The predicted octanol–water partition coefficient (Wildman–Crippen LogP) is 2.92. The number of hydrogen-bond acceptors (Lipinski definition) is 4. The number of methoxy groups -OCH3 is 2. The molecule has 0 radical (unpaired) electrons. The second-order valence-electron chi connectivity index (χ2n) is 6.00. The molecule has 1 saturated carbocycles. The van der Waals surface area contributed by atoms with Crippen LogP contribution in [-0.4, -0.2) is 39.1 Å². The van der Waals surface area contributed by atoms with E-state index in [2.05, 4.69) is 12.2 Å². The number of anilines is 1. The van der Waals surface area contributed by atoms with E-state index < -0.39 is 6.10 Å². The van der Waals surface area contributed by atoms with Crippen LogP contribution < -0.4 is 9.64 Å². The first-order valence-corrected chi connectivity index (χ1v) is 8.17. The molecular formula is C19H23NO4. The summed E-state index contributed by atoms with van der Waals surface area (Å²) in [5.41, 5.74) is 0.832. The minimum Gasteiger partial charge on any atom is -0.497 e. The molecule has 128 valence electrons. The van der Waals surface area contributed by atoms with Crippen LogP contribution in [0, 0.1) is 5.92 Å². The van der Waals surface area contributed by atoms with Gasteiger partial charge in [-0.1, -0.05) is 24.3 Å². The highest BCUT2D eigenvalue weighted by atomic mass is 16.7. The van der Waals surface area contributed by atoms with Crippen molar-refractivity contribution in [1.29, 1.82) is 0 Å². The Morgan fingerprint density at radius 1 is 1.12 bits per heavy atom. The lowest BCUT2D eigenvalue weighted by molar-refractivity contribution is -0.151. The van der Waals surface area contributed by atoms with Gasteiger partial charge in [-0.15, -0.1) is 0 Å². The maximum Gasteiger partial charge on any atom is 0.259 e. The second-order valence-corrected chi connectivity index (χ2v) is 6.00. The molecule has 2 aliphatic rings. The zero-order valence-corrected chi connectivity index (χ0v) is 14.1. The number of β-lactam (4-membered cyclic amide) rings is 1. The van der Waals surface area contributed by atoms with Crippen LogP contribution in [0.2, 0.25) is 0 Å². The fourth-order valence-corrected chi connectivity index (χ4v) is 2.71. The van der Waals surface area contributed by atoms with Gasteiger partial charge in [0.05, 0.1) is 13.2 Å². The minimum absolute atomic E-state index is 0.0574. The van der Waals surface area contributed by atoms with E-state index in [9.17, 15) is 4.79 Å². The first-order chi connectivity index (χ1) is 11.7. The quantitative estimate of drug-likeness (QED) is 0.418. The molecule has 24 heavy (non-hydrogen) atoms. The molecule has 2 atom stereocenters. The van der Waals surface area contributed by atoms with Crippen molar-refractivity contribution in [1.82, 2.24) is 0 Å². The Morgan fingerprint density at radius 2 is 1.83 bits per heavy atom. The number of ether oxygens (including phenoxy) is 3. The van der Waals surface area contributed by atoms with E-state index in [1.807, 2.05) is 36.4 Å². The summed E-state index contributed by atoms with van der Waals surface area (Å²) in [4.78, 5) is 14.2. The number of nitrogens with zero attached hydrogens (tertiary/aromatic N) is 1. The van der Waals surface area contributed by atoms with Gasteiger partial charge in [0.25, 0.3) is 5.91 Å². The lowest BCUT2D eigenvalue weighted by atomic mass is 9.96. The Hall–Kier alpha value is -2.11. The van der Waals surface area contributed by atoms with Crippen LogP contribution in [0.15, 0.2) is 48.6 Å². The third-order valence-electron chi connectivity index (χ3n) is 4.23. The van der Waals surface area contributed by atoms with Crippen LogP contribution in [0.5, 0.6) is 5.75 Å². The number of rotatable bonds is 8. The monoisotopic (exact) mass is 329 g/mol. The molecule has 2 fully saturated rings. The van der Waals surface area contributed by atoms with Gasteiger partial charge in [0.1, 0.15) is 12.5 Å². The first-order valence-electron chi connectivity index (χ1n) is 8.17. The fraction of sp³-hybridized carbons (Fsp3) is 0.421. The zero-order valence-electron chi connectivity index (χ0n) is 14.1. The number of allylic oxidation sites excluding steroid dienone is 3. The summed E-state index contributed by atoms with van der Waals surface area (Å²) >= 11 is 0. The van der Waals surface area contributed by atoms with Crippen molar-refractivity contribution in [2.24, 2.45) is 5.92 Å². The van der Waals surface area contributed by atoms with E-state index in [-0.39, 0.29) is 18.7 Å². The summed E-state index contributed by atoms with van der Waals surface area (Å²) in [5, 5.41) is 0. The zero-order chi connectivity index (χ0) is 16.9. The standard InChI is InChI=1S/C19H23NO4/c1-22-13-24-18-17(6-4-3-5-14-7-8-14)20(19(18)21)15-9-11-16(23-2)12-10-15/h3-6,9-12,14,17-18H,7-8,13H2,1-2H3/t17?,18-/m1/s1. The van der Waals surface area contributed by atoms with Gasteiger partial charge in [0.2, 0.25) is 0 Å². The normalized spacial score (nSPS) is 23.9.